The molecule has 4 aromatic rings. The topological polar surface area (TPSA) is 91.8 Å². The summed E-state index contributed by atoms with van der Waals surface area (Å²) in [5.41, 5.74) is 6.59. The van der Waals surface area contributed by atoms with Crippen LogP contribution in [0.15, 0.2) is 82.2 Å². The smallest absolute Gasteiger partial charge is 0.262 e. The number of amides is 1. The van der Waals surface area contributed by atoms with Crippen LogP contribution in [-0.4, -0.2) is 22.9 Å². The molecule has 3 aromatic carbocycles. The zero-order valence-electron chi connectivity index (χ0n) is 19.1. The Hall–Kier alpha value is -4.48. The van der Waals surface area contributed by atoms with Gasteiger partial charge in [0.05, 0.1) is 34.4 Å². The molecule has 7 nitrogen and oxygen atoms in total. The van der Waals surface area contributed by atoms with Gasteiger partial charge in [-0.05, 0) is 61.9 Å². The van der Waals surface area contributed by atoms with E-state index in [1.807, 2.05) is 78.5 Å². The molecule has 1 amide bonds. The molecule has 0 saturated carbocycles. The third kappa shape index (κ3) is 4.76. The largest absolute Gasteiger partial charge is 0.482 e. The van der Waals surface area contributed by atoms with Crippen LogP contribution in [0, 0.1) is 18.3 Å². The monoisotopic (exact) mass is 479 g/mol. The van der Waals surface area contributed by atoms with Gasteiger partial charge in [0, 0.05) is 10.9 Å². The molecule has 0 aliphatic carbocycles. The van der Waals surface area contributed by atoms with Crippen LogP contribution in [0.4, 0.5) is 11.4 Å². The van der Waals surface area contributed by atoms with E-state index in [0.717, 1.165) is 33.8 Å². The standard InChI is InChI=1S/C27H21N5O2S/c1-17-3-10-22(11-4-17)29-27-32(31-18(2)20-7-5-19(14-28)6-8-20)24(16-35-27)21-9-12-25-23(13-21)30-26(33)15-34-25/h3-13,16H,15H2,1-2H3,(H,30,33). The highest BCUT2D eigenvalue weighted by Crippen LogP contribution is 2.33. The second-order valence-electron chi connectivity index (χ2n) is 8.09. The zero-order chi connectivity index (χ0) is 24.4. The highest BCUT2D eigenvalue weighted by Gasteiger charge is 2.18. The van der Waals surface area contributed by atoms with Gasteiger partial charge in [0.15, 0.2) is 6.61 Å². The number of carbonyl (C=O) groups excluding carboxylic acids is 1. The van der Waals surface area contributed by atoms with E-state index in [-0.39, 0.29) is 12.5 Å². The summed E-state index contributed by atoms with van der Waals surface area (Å²) in [6.45, 7) is 3.97. The molecule has 2 heterocycles. The van der Waals surface area contributed by atoms with Crippen molar-refractivity contribution in [2.75, 3.05) is 11.9 Å². The van der Waals surface area contributed by atoms with E-state index < -0.39 is 0 Å². The van der Waals surface area contributed by atoms with Gasteiger partial charge in [0.1, 0.15) is 5.75 Å². The van der Waals surface area contributed by atoms with Crippen LogP contribution >= 0.6 is 11.3 Å². The molecular formula is C27H21N5O2S. The molecule has 1 aliphatic heterocycles. The Balaban J connectivity index is 1.64. The number of rotatable bonds is 4. The molecule has 0 bridgehead atoms. The molecule has 0 atom stereocenters. The lowest BCUT2D eigenvalue weighted by molar-refractivity contribution is -0.118. The molecule has 35 heavy (non-hydrogen) atoms. The van der Waals surface area contributed by atoms with Gasteiger partial charge in [-0.2, -0.15) is 10.4 Å². The minimum Gasteiger partial charge on any atom is -0.482 e. The van der Waals surface area contributed by atoms with E-state index in [1.54, 1.807) is 12.1 Å². The van der Waals surface area contributed by atoms with Gasteiger partial charge in [0.2, 0.25) is 4.80 Å². The predicted octanol–water partition coefficient (Wildman–Crippen LogP) is 5.23. The SMILES string of the molecule is CC(=Nn1c(-c2ccc3c(c2)NC(=O)CO3)csc1=Nc1ccc(C)cc1)c1ccc(C#N)cc1. The van der Waals surface area contributed by atoms with Crippen molar-refractivity contribution >= 4 is 34.3 Å². The zero-order valence-corrected chi connectivity index (χ0v) is 20.0. The molecule has 0 radical (unpaired) electrons. The Labute approximate surface area is 206 Å². The Morgan fingerprint density at radius 3 is 2.63 bits per heavy atom. The van der Waals surface area contributed by atoms with Crippen molar-refractivity contribution in [2.45, 2.75) is 13.8 Å². The maximum atomic E-state index is 11.8. The van der Waals surface area contributed by atoms with Gasteiger partial charge in [-0.15, -0.1) is 11.3 Å². The van der Waals surface area contributed by atoms with Gasteiger partial charge < -0.3 is 10.1 Å². The first-order chi connectivity index (χ1) is 17.0. The van der Waals surface area contributed by atoms with Crippen molar-refractivity contribution in [3.63, 3.8) is 0 Å². The number of aromatic nitrogens is 1. The number of thiazole rings is 1. The Morgan fingerprint density at radius 2 is 1.89 bits per heavy atom. The summed E-state index contributed by atoms with van der Waals surface area (Å²) in [6, 6.07) is 23.1. The molecular weight excluding hydrogens is 458 g/mol. The molecule has 0 spiro atoms. The van der Waals surface area contributed by atoms with Gasteiger partial charge in [-0.3, -0.25) is 4.79 Å². The maximum absolute atomic E-state index is 11.8. The molecule has 0 saturated heterocycles. The summed E-state index contributed by atoms with van der Waals surface area (Å²) >= 11 is 1.48. The molecule has 1 aliphatic rings. The van der Waals surface area contributed by atoms with Crippen LogP contribution < -0.4 is 14.9 Å². The Bertz CT molecular complexity index is 1560. The fraction of sp³-hybridized carbons (Fsp3) is 0.111. The van der Waals surface area contributed by atoms with Crippen molar-refractivity contribution in [1.29, 1.82) is 5.26 Å². The second-order valence-corrected chi connectivity index (χ2v) is 8.92. The minimum absolute atomic E-state index is 0.0124. The van der Waals surface area contributed by atoms with Crippen LogP contribution in [0.25, 0.3) is 11.3 Å². The number of hydrogen-bond donors (Lipinski definition) is 1. The Kier molecular flexibility index (Phi) is 6.00. The average Bonchev–Trinajstić information content (AvgIpc) is 3.26. The van der Waals surface area contributed by atoms with E-state index >= 15 is 0 Å². The highest BCUT2D eigenvalue weighted by atomic mass is 32.1. The summed E-state index contributed by atoms with van der Waals surface area (Å²) in [5, 5.41) is 18.9. The second kappa shape index (κ2) is 9.41. The number of nitriles is 1. The third-order valence-electron chi connectivity index (χ3n) is 5.53. The fourth-order valence-corrected chi connectivity index (χ4v) is 4.49. The van der Waals surface area contributed by atoms with E-state index in [2.05, 4.69) is 11.4 Å². The minimum atomic E-state index is -0.183. The van der Waals surface area contributed by atoms with Crippen LogP contribution in [0.1, 0.15) is 23.6 Å². The van der Waals surface area contributed by atoms with Gasteiger partial charge >= 0.3 is 0 Å². The van der Waals surface area contributed by atoms with Gasteiger partial charge in [0.25, 0.3) is 5.91 Å². The number of hydrogen-bond acceptors (Lipinski definition) is 6. The van der Waals surface area contributed by atoms with Crippen molar-refractivity contribution in [3.8, 4) is 23.1 Å². The summed E-state index contributed by atoms with van der Waals surface area (Å²) in [5.74, 6) is 0.453. The van der Waals surface area contributed by atoms with Crippen LogP contribution in [0.3, 0.4) is 0 Å². The number of nitrogens with zero attached hydrogens (tertiary/aromatic N) is 4. The number of aryl methyl sites for hydroxylation is 1. The number of ether oxygens (including phenoxy) is 1. The molecule has 172 valence electrons. The summed E-state index contributed by atoms with van der Waals surface area (Å²) in [6.07, 6.45) is 0. The van der Waals surface area contributed by atoms with E-state index in [4.69, 9.17) is 20.1 Å². The van der Waals surface area contributed by atoms with Gasteiger partial charge in [-0.1, -0.05) is 29.8 Å². The van der Waals surface area contributed by atoms with Crippen LogP contribution in [-0.2, 0) is 4.79 Å². The summed E-state index contributed by atoms with van der Waals surface area (Å²) in [7, 11) is 0. The predicted molar refractivity (Wildman–Crippen MR) is 137 cm³/mol. The van der Waals surface area contributed by atoms with Crippen molar-refractivity contribution in [3.05, 3.63) is 93.6 Å². The van der Waals surface area contributed by atoms with E-state index in [0.29, 0.717) is 21.8 Å². The number of anilines is 1. The average molecular weight is 480 g/mol. The Morgan fingerprint density at radius 1 is 1.11 bits per heavy atom. The molecule has 1 N–H and O–H groups in total. The van der Waals surface area contributed by atoms with Crippen LogP contribution in [0.5, 0.6) is 5.75 Å². The van der Waals surface area contributed by atoms with Crippen molar-refractivity contribution in [2.24, 2.45) is 10.1 Å². The van der Waals surface area contributed by atoms with Crippen LogP contribution in [0.2, 0.25) is 0 Å². The quantitative estimate of drug-likeness (QED) is 0.406. The van der Waals surface area contributed by atoms with E-state index in [1.165, 1.54) is 11.3 Å². The van der Waals surface area contributed by atoms with Gasteiger partial charge in [-0.25, -0.2) is 9.67 Å². The normalized spacial score (nSPS) is 13.6. The third-order valence-corrected chi connectivity index (χ3v) is 6.35. The fourth-order valence-electron chi connectivity index (χ4n) is 3.64. The van der Waals surface area contributed by atoms with E-state index in [9.17, 15) is 4.79 Å². The van der Waals surface area contributed by atoms with Crippen molar-refractivity contribution < 1.29 is 9.53 Å². The maximum Gasteiger partial charge on any atom is 0.262 e. The number of nitrogens with one attached hydrogen (secondary N) is 1. The number of carbonyl (C=O) groups is 1. The van der Waals surface area contributed by atoms with Crippen molar-refractivity contribution in [1.82, 2.24) is 4.68 Å². The first-order valence-electron chi connectivity index (χ1n) is 11.0. The lowest BCUT2D eigenvalue weighted by atomic mass is 10.1. The summed E-state index contributed by atoms with van der Waals surface area (Å²) in [4.78, 5) is 17.4. The highest BCUT2D eigenvalue weighted by molar-refractivity contribution is 7.07. The number of benzene rings is 3. The lowest BCUT2D eigenvalue weighted by Gasteiger charge is -2.18. The lowest BCUT2D eigenvalue weighted by Crippen LogP contribution is -2.25. The first-order valence-corrected chi connectivity index (χ1v) is 11.8. The first kappa shape index (κ1) is 22.3. The molecule has 8 heteroatoms. The summed E-state index contributed by atoms with van der Waals surface area (Å²) < 4.78 is 7.32. The molecule has 5 rings (SSSR count). The molecule has 0 fully saturated rings. The molecule has 1 aromatic heterocycles. The molecule has 0 unspecified atom stereocenters. The number of fused-ring (bicyclic) bond motifs is 1.